The Morgan fingerprint density at radius 3 is 2.74 bits per heavy atom. The summed E-state index contributed by atoms with van der Waals surface area (Å²) >= 11 is 3.27. The minimum Gasteiger partial charge on any atom is -0.348 e. The zero-order chi connectivity index (χ0) is 13.4. The molecule has 0 unspecified atom stereocenters. The number of halogens is 2. The Balaban J connectivity index is 1.73. The fourth-order valence-corrected chi connectivity index (χ4v) is 3.41. The third-order valence-electron chi connectivity index (χ3n) is 4.15. The van der Waals surface area contributed by atoms with Crippen LogP contribution in [0.25, 0.3) is 0 Å². The molecule has 3 aliphatic rings. The first kappa shape index (κ1) is 13.1. The number of carbonyl (C=O) groups is 1. The zero-order valence-corrected chi connectivity index (χ0v) is 12.1. The van der Waals surface area contributed by atoms with E-state index >= 15 is 0 Å². The van der Waals surface area contributed by atoms with Crippen LogP contribution in [0.1, 0.15) is 23.2 Å². The third kappa shape index (κ3) is 2.67. The second-order valence-electron chi connectivity index (χ2n) is 5.34. The Bertz CT molecular complexity index is 500. The van der Waals surface area contributed by atoms with Crippen LogP contribution in [0.4, 0.5) is 4.39 Å². The van der Waals surface area contributed by atoms with Gasteiger partial charge in [-0.1, -0.05) is 15.9 Å². The van der Waals surface area contributed by atoms with Crippen LogP contribution in [-0.4, -0.2) is 36.5 Å². The number of carbonyl (C=O) groups excluding carboxylic acids is 1. The molecule has 4 rings (SSSR count). The first-order chi connectivity index (χ1) is 9.13. The molecule has 0 saturated carbocycles. The van der Waals surface area contributed by atoms with Gasteiger partial charge in [0.05, 0.1) is 5.56 Å². The van der Waals surface area contributed by atoms with Gasteiger partial charge in [-0.25, -0.2) is 4.39 Å². The summed E-state index contributed by atoms with van der Waals surface area (Å²) < 4.78 is 14.4. The van der Waals surface area contributed by atoms with Crippen LogP contribution in [0.5, 0.6) is 0 Å². The Hall–Kier alpha value is -0.940. The highest BCUT2D eigenvalue weighted by atomic mass is 79.9. The quantitative estimate of drug-likeness (QED) is 0.905. The van der Waals surface area contributed by atoms with Crippen LogP contribution < -0.4 is 5.32 Å². The van der Waals surface area contributed by atoms with Gasteiger partial charge < -0.3 is 10.2 Å². The molecule has 1 amide bonds. The van der Waals surface area contributed by atoms with Crippen molar-refractivity contribution in [1.82, 2.24) is 10.2 Å². The van der Waals surface area contributed by atoms with E-state index in [4.69, 9.17) is 0 Å². The molecule has 1 N–H and O–H groups in total. The lowest BCUT2D eigenvalue weighted by Gasteiger charge is -2.44. The smallest absolute Gasteiger partial charge is 0.254 e. The molecule has 0 aromatic heterocycles. The Kier molecular flexibility index (Phi) is 3.58. The summed E-state index contributed by atoms with van der Waals surface area (Å²) in [5.74, 6) is -0.233. The van der Waals surface area contributed by atoms with Crippen molar-refractivity contribution in [1.29, 1.82) is 0 Å². The summed E-state index contributed by atoms with van der Waals surface area (Å²) in [6, 6.07) is 4.61. The average molecular weight is 327 g/mol. The molecule has 0 aliphatic carbocycles. The summed E-state index contributed by atoms with van der Waals surface area (Å²) in [7, 11) is 0. The van der Waals surface area contributed by atoms with E-state index in [2.05, 4.69) is 26.1 Å². The number of piperidine rings is 3. The molecule has 2 bridgehead atoms. The number of hydrogen-bond donors (Lipinski definition) is 1. The third-order valence-corrected chi connectivity index (χ3v) is 4.64. The largest absolute Gasteiger partial charge is 0.348 e. The maximum Gasteiger partial charge on any atom is 0.254 e. The van der Waals surface area contributed by atoms with Gasteiger partial charge in [0.1, 0.15) is 5.82 Å². The van der Waals surface area contributed by atoms with E-state index in [1.165, 1.54) is 12.1 Å². The Morgan fingerprint density at radius 2 is 2.11 bits per heavy atom. The molecule has 1 aromatic rings. The average Bonchev–Trinajstić information content (AvgIpc) is 2.43. The van der Waals surface area contributed by atoms with E-state index in [9.17, 15) is 9.18 Å². The normalized spacial score (nSPS) is 29.3. The van der Waals surface area contributed by atoms with Crippen molar-refractivity contribution in [2.24, 2.45) is 5.92 Å². The number of amides is 1. The summed E-state index contributed by atoms with van der Waals surface area (Å²) in [6.45, 7) is 3.15. The first-order valence-electron chi connectivity index (χ1n) is 6.62. The fraction of sp³-hybridized carbons (Fsp3) is 0.500. The van der Waals surface area contributed by atoms with E-state index in [-0.39, 0.29) is 17.5 Å². The van der Waals surface area contributed by atoms with E-state index in [0.29, 0.717) is 10.4 Å². The van der Waals surface area contributed by atoms with Crippen molar-refractivity contribution in [2.45, 2.75) is 18.9 Å². The number of fused-ring (bicyclic) bond motifs is 3. The van der Waals surface area contributed by atoms with Crippen LogP contribution in [0.15, 0.2) is 22.7 Å². The van der Waals surface area contributed by atoms with Crippen LogP contribution in [0.3, 0.4) is 0 Å². The molecule has 5 heteroatoms. The van der Waals surface area contributed by atoms with Gasteiger partial charge in [0.15, 0.2) is 0 Å². The zero-order valence-electron chi connectivity index (χ0n) is 10.5. The Morgan fingerprint density at radius 1 is 1.37 bits per heavy atom. The lowest BCUT2D eigenvalue weighted by Crippen LogP contribution is -2.57. The van der Waals surface area contributed by atoms with Gasteiger partial charge in [-0.05, 0) is 50.0 Å². The number of nitrogens with zero attached hydrogens (tertiary/aromatic N) is 1. The second kappa shape index (κ2) is 5.21. The van der Waals surface area contributed by atoms with Crippen molar-refractivity contribution < 1.29 is 9.18 Å². The van der Waals surface area contributed by atoms with Gasteiger partial charge >= 0.3 is 0 Å². The fourth-order valence-electron chi connectivity index (χ4n) is 3.05. The Labute approximate surface area is 120 Å². The van der Waals surface area contributed by atoms with Crippen molar-refractivity contribution in [3.8, 4) is 0 Å². The molecule has 1 atom stereocenters. The van der Waals surface area contributed by atoms with Gasteiger partial charge in [0.25, 0.3) is 5.91 Å². The number of rotatable bonds is 2. The van der Waals surface area contributed by atoms with Crippen LogP contribution in [0, 0.1) is 11.7 Å². The molecular weight excluding hydrogens is 311 g/mol. The second-order valence-corrected chi connectivity index (χ2v) is 6.26. The van der Waals surface area contributed by atoms with Gasteiger partial charge in [0.2, 0.25) is 0 Å². The first-order valence-corrected chi connectivity index (χ1v) is 7.41. The van der Waals surface area contributed by atoms with Crippen LogP contribution in [0.2, 0.25) is 0 Å². The van der Waals surface area contributed by atoms with E-state index in [1.807, 2.05) is 0 Å². The highest BCUT2D eigenvalue weighted by molar-refractivity contribution is 9.10. The molecule has 3 fully saturated rings. The minimum absolute atomic E-state index is 0.117. The molecular formula is C14H16BrFN2O. The summed E-state index contributed by atoms with van der Waals surface area (Å²) in [4.78, 5) is 14.5. The maximum atomic E-state index is 13.7. The van der Waals surface area contributed by atoms with E-state index in [0.717, 1.165) is 32.5 Å². The number of hydrogen-bond acceptors (Lipinski definition) is 2. The van der Waals surface area contributed by atoms with Crippen molar-refractivity contribution in [3.63, 3.8) is 0 Å². The number of benzene rings is 1. The highest BCUT2D eigenvalue weighted by Gasteiger charge is 2.35. The number of nitrogens with one attached hydrogen (secondary N) is 1. The topological polar surface area (TPSA) is 32.3 Å². The van der Waals surface area contributed by atoms with Gasteiger partial charge in [-0.2, -0.15) is 0 Å². The molecule has 1 aromatic carbocycles. The van der Waals surface area contributed by atoms with E-state index in [1.54, 1.807) is 6.07 Å². The highest BCUT2D eigenvalue weighted by Crippen LogP contribution is 2.27. The molecule has 102 valence electrons. The minimum atomic E-state index is -0.470. The molecule has 19 heavy (non-hydrogen) atoms. The van der Waals surface area contributed by atoms with Gasteiger partial charge in [-0.3, -0.25) is 4.79 Å². The molecule has 3 aliphatic heterocycles. The molecule has 0 spiro atoms. The van der Waals surface area contributed by atoms with Gasteiger partial charge in [-0.15, -0.1) is 0 Å². The van der Waals surface area contributed by atoms with Gasteiger partial charge in [0, 0.05) is 17.1 Å². The molecule has 0 radical (unpaired) electrons. The standard InChI is InChI=1S/C14H16BrFN2O/c15-10-1-2-12(16)11(7-10)14(19)17-13-8-18-5-3-9(13)4-6-18/h1-2,7,9,13H,3-6,8H2,(H,17,19)/t13-/m1/s1. The predicted molar refractivity (Wildman–Crippen MR) is 74.5 cm³/mol. The summed E-state index contributed by atoms with van der Waals surface area (Å²) in [6.07, 6.45) is 2.26. The lowest BCUT2D eigenvalue weighted by atomic mass is 9.84. The monoisotopic (exact) mass is 326 g/mol. The van der Waals surface area contributed by atoms with Crippen molar-refractivity contribution in [2.75, 3.05) is 19.6 Å². The summed E-state index contributed by atoms with van der Waals surface area (Å²) in [5.41, 5.74) is 0.117. The lowest BCUT2D eigenvalue weighted by molar-refractivity contribution is 0.0618. The van der Waals surface area contributed by atoms with Crippen LogP contribution in [-0.2, 0) is 0 Å². The van der Waals surface area contributed by atoms with E-state index < -0.39 is 5.82 Å². The predicted octanol–water partition coefficient (Wildman–Crippen LogP) is 2.41. The molecule has 3 heterocycles. The SMILES string of the molecule is O=C(N[C@@H]1CN2CCC1CC2)c1cc(Br)ccc1F. The molecule has 3 nitrogen and oxygen atoms in total. The van der Waals surface area contributed by atoms with Crippen molar-refractivity contribution >= 4 is 21.8 Å². The van der Waals surface area contributed by atoms with Crippen LogP contribution >= 0.6 is 15.9 Å². The molecule has 3 saturated heterocycles. The van der Waals surface area contributed by atoms with Crippen molar-refractivity contribution in [3.05, 3.63) is 34.1 Å². The summed E-state index contributed by atoms with van der Waals surface area (Å²) in [5, 5.41) is 2.99. The maximum absolute atomic E-state index is 13.7.